The topological polar surface area (TPSA) is 23.5 Å². The lowest BCUT2D eigenvalue weighted by molar-refractivity contribution is -0.119. The van der Waals surface area contributed by atoms with Crippen LogP contribution < -0.4 is 0 Å². The van der Waals surface area contributed by atoms with Crippen LogP contribution in [-0.4, -0.2) is 28.7 Å². The Labute approximate surface area is 175 Å². The molecule has 0 saturated carbocycles. The third kappa shape index (κ3) is 2.93. The highest BCUT2D eigenvalue weighted by Gasteiger charge is 2.49. The van der Waals surface area contributed by atoms with Crippen LogP contribution in [0.15, 0.2) is 42.5 Å². The molecule has 1 N–H and O–H groups in total. The lowest BCUT2D eigenvalue weighted by Gasteiger charge is -2.53. The van der Waals surface area contributed by atoms with Crippen molar-refractivity contribution in [2.45, 2.75) is 64.0 Å². The standard InChI is InChI=1S/C25H31NO.ClH/c1-24(2,3)25(27)13-14-26-16-21-19-9-5-4-7-17(19)11-12-18-8-6-10-20(23(18)21)22(26)15-25;/h4-10,21-22,27H,11-16H2,1-3H3;1H/t21-,22-,25-;/m0./s1. The summed E-state index contributed by atoms with van der Waals surface area (Å²) in [4.78, 5) is 2.65. The number of hydrogen-bond acceptors (Lipinski definition) is 2. The summed E-state index contributed by atoms with van der Waals surface area (Å²) in [6.45, 7) is 8.65. The highest BCUT2D eigenvalue weighted by molar-refractivity contribution is 5.85. The zero-order valence-electron chi connectivity index (χ0n) is 17.2. The van der Waals surface area contributed by atoms with Crippen LogP contribution in [0, 0.1) is 5.41 Å². The highest BCUT2D eigenvalue weighted by atomic mass is 35.5. The minimum absolute atomic E-state index is 0. The second-order valence-electron chi connectivity index (χ2n) is 9.92. The van der Waals surface area contributed by atoms with E-state index >= 15 is 0 Å². The monoisotopic (exact) mass is 397 g/mol. The predicted molar refractivity (Wildman–Crippen MR) is 117 cm³/mol. The van der Waals surface area contributed by atoms with Crippen molar-refractivity contribution in [2.24, 2.45) is 5.41 Å². The molecule has 1 saturated heterocycles. The van der Waals surface area contributed by atoms with Crippen LogP contribution in [0.25, 0.3) is 0 Å². The molecule has 0 amide bonds. The highest BCUT2D eigenvalue weighted by Crippen LogP contribution is 2.51. The fraction of sp³-hybridized carbons (Fsp3) is 0.520. The molecule has 2 aliphatic heterocycles. The summed E-state index contributed by atoms with van der Waals surface area (Å²) < 4.78 is 0. The number of hydrogen-bond donors (Lipinski definition) is 1. The average Bonchev–Trinajstić information content (AvgIpc) is 2.80. The van der Waals surface area contributed by atoms with Crippen molar-refractivity contribution in [3.05, 3.63) is 70.3 Å². The molecule has 0 spiro atoms. The maximum atomic E-state index is 11.5. The van der Waals surface area contributed by atoms with Gasteiger partial charge in [0.25, 0.3) is 0 Å². The zero-order chi connectivity index (χ0) is 18.8. The summed E-state index contributed by atoms with van der Waals surface area (Å²) in [5.41, 5.74) is 6.94. The van der Waals surface area contributed by atoms with E-state index in [1.165, 1.54) is 22.3 Å². The summed E-state index contributed by atoms with van der Waals surface area (Å²) >= 11 is 0. The minimum Gasteiger partial charge on any atom is -0.389 e. The largest absolute Gasteiger partial charge is 0.389 e. The first kappa shape index (κ1) is 19.9. The van der Waals surface area contributed by atoms with Gasteiger partial charge >= 0.3 is 0 Å². The van der Waals surface area contributed by atoms with E-state index in [2.05, 4.69) is 68.1 Å². The van der Waals surface area contributed by atoms with Crippen LogP contribution in [0.5, 0.6) is 0 Å². The first-order chi connectivity index (χ1) is 12.9. The fourth-order valence-corrected chi connectivity index (χ4v) is 5.76. The Bertz CT molecular complexity index is 886. The lowest BCUT2D eigenvalue weighted by atomic mass is 9.66. The molecule has 150 valence electrons. The normalized spacial score (nSPS) is 29.0. The fourth-order valence-electron chi connectivity index (χ4n) is 5.76. The van der Waals surface area contributed by atoms with Crippen LogP contribution in [0.1, 0.15) is 73.4 Å². The van der Waals surface area contributed by atoms with Crippen LogP contribution in [0.3, 0.4) is 0 Å². The SMILES string of the molecule is CC(C)(C)[C@]1(O)CCN2C[C@H]3c4ccccc4CCc4cccc(c43)[C@@H]2C1.Cl. The number of piperidine rings is 1. The quantitative estimate of drug-likeness (QED) is 0.654. The number of nitrogens with zero attached hydrogens (tertiary/aromatic N) is 1. The number of benzene rings is 2. The van der Waals surface area contributed by atoms with Crippen molar-refractivity contribution in [1.82, 2.24) is 4.90 Å². The van der Waals surface area contributed by atoms with Crippen LogP contribution >= 0.6 is 12.4 Å². The number of aliphatic hydroxyl groups is 1. The van der Waals surface area contributed by atoms with Crippen LogP contribution in [0.4, 0.5) is 0 Å². The molecule has 0 aromatic heterocycles. The third-order valence-corrected chi connectivity index (χ3v) is 7.63. The van der Waals surface area contributed by atoms with Gasteiger partial charge in [0.15, 0.2) is 0 Å². The summed E-state index contributed by atoms with van der Waals surface area (Å²) in [5.74, 6) is 0.479. The second-order valence-corrected chi connectivity index (χ2v) is 9.92. The van der Waals surface area contributed by atoms with Gasteiger partial charge in [-0.2, -0.15) is 0 Å². The van der Waals surface area contributed by atoms with Crippen LogP contribution in [0.2, 0.25) is 0 Å². The van der Waals surface area contributed by atoms with E-state index in [4.69, 9.17) is 0 Å². The van der Waals surface area contributed by atoms with Gasteiger partial charge in [-0.05, 0) is 58.9 Å². The Morgan fingerprint density at radius 2 is 1.64 bits per heavy atom. The van der Waals surface area contributed by atoms with E-state index < -0.39 is 5.60 Å². The number of fused-ring (bicyclic) bond motifs is 4. The molecular formula is C25H32ClNO. The number of halogens is 1. The van der Waals surface area contributed by atoms with Gasteiger partial charge in [-0.15, -0.1) is 12.4 Å². The van der Waals surface area contributed by atoms with E-state index in [1.54, 1.807) is 5.56 Å². The molecule has 1 aliphatic carbocycles. The molecule has 3 heteroatoms. The summed E-state index contributed by atoms with van der Waals surface area (Å²) in [5, 5.41) is 11.5. The van der Waals surface area contributed by atoms with Crippen molar-refractivity contribution >= 4 is 12.4 Å². The first-order valence-electron chi connectivity index (χ1n) is 10.5. The molecule has 0 unspecified atom stereocenters. The van der Waals surface area contributed by atoms with Crippen molar-refractivity contribution in [3.63, 3.8) is 0 Å². The number of aryl methyl sites for hydroxylation is 2. The van der Waals surface area contributed by atoms with Crippen molar-refractivity contribution in [3.8, 4) is 0 Å². The molecule has 2 heterocycles. The van der Waals surface area contributed by atoms with E-state index in [-0.39, 0.29) is 17.8 Å². The Kier molecular flexibility index (Phi) is 4.89. The van der Waals surface area contributed by atoms with Gasteiger partial charge < -0.3 is 5.11 Å². The van der Waals surface area contributed by atoms with Crippen molar-refractivity contribution < 1.29 is 5.11 Å². The molecular weight excluding hydrogens is 366 g/mol. The van der Waals surface area contributed by atoms with E-state index in [1.807, 2.05) is 0 Å². The molecule has 2 aromatic rings. The van der Waals surface area contributed by atoms with Crippen LogP contribution in [-0.2, 0) is 12.8 Å². The van der Waals surface area contributed by atoms with Gasteiger partial charge in [-0.25, -0.2) is 0 Å². The maximum Gasteiger partial charge on any atom is 0.0726 e. The molecule has 1 fully saturated rings. The Morgan fingerprint density at radius 3 is 2.43 bits per heavy atom. The van der Waals surface area contributed by atoms with Gasteiger partial charge in [0.1, 0.15) is 0 Å². The molecule has 3 aliphatic rings. The molecule has 0 radical (unpaired) electrons. The first-order valence-corrected chi connectivity index (χ1v) is 10.5. The molecule has 0 bridgehead atoms. The molecule has 2 nitrogen and oxygen atoms in total. The summed E-state index contributed by atoms with van der Waals surface area (Å²) in [6, 6.07) is 16.3. The smallest absolute Gasteiger partial charge is 0.0726 e. The van der Waals surface area contributed by atoms with E-state index in [9.17, 15) is 5.11 Å². The molecule has 28 heavy (non-hydrogen) atoms. The summed E-state index contributed by atoms with van der Waals surface area (Å²) in [6.07, 6.45) is 3.99. The van der Waals surface area contributed by atoms with E-state index in [0.29, 0.717) is 12.0 Å². The van der Waals surface area contributed by atoms with Gasteiger partial charge in [-0.3, -0.25) is 4.90 Å². The van der Waals surface area contributed by atoms with E-state index in [0.717, 1.165) is 38.8 Å². The number of rotatable bonds is 0. The van der Waals surface area contributed by atoms with Gasteiger partial charge in [-0.1, -0.05) is 63.2 Å². The summed E-state index contributed by atoms with van der Waals surface area (Å²) in [7, 11) is 0. The Balaban J connectivity index is 0.00000192. The Morgan fingerprint density at radius 1 is 0.964 bits per heavy atom. The second kappa shape index (κ2) is 6.86. The third-order valence-electron chi connectivity index (χ3n) is 7.63. The molecule has 3 atom stereocenters. The lowest BCUT2D eigenvalue weighted by Crippen LogP contribution is -2.55. The van der Waals surface area contributed by atoms with Crippen molar-refractivity contribution in [1.29, 1.82) is 0 Å². The minimum atomic E-state index is -0.591. The van der Waals surface area contributed by atoms with Gasteiger partial charge in [0.05, 0.1) is 5.60 Å². The van der Waals surface area contributed by atoms with Crippen molar-refractivity contribution in [2.75, 3.05) is 13.1 Å². The average molecular weight is 398 g/mol. The molecule has 5 rings (SSSR count). The zero-order valence-corrected chi connectivity index (χ0v) is 18.1. The van der Waals surface area contributed by atoms with Gasteiger partial charge in [0, 0.05) is 25.0 Å². The van der Waals surface area contributed by atoms with Gasteiger partial charge in [0.2, 0.25) is 0 Å². The predicted octanol–water partition coefficient (Wildman–Crippen LogP) is 5.27. The Hall–Kier alpha value is -1.35. The maximum absolute atomic E-state index is 11.5. The molecule has 2 aromatic carbocycles.